The van der Waals surface area contributed by atoms with Gasteiger partial charge in [0.15, 0.2) is 0 Å². The van der Waals surface area contributed by atoms with Crippen molar-refractivity contribution in [1.29, 1.82) is 0 Å². The van der Waals surface area contributed by atoms with Crippen molar-refractivity contribution >= 4 is 17.8 Å². The second kappa shape index (κ2) is 8.11. The first-order valence-electron chi connectivity index (χ1n) is 8.77. The summed E-state index contributed by atoms with van der Waals surface area (Å²) in [4.78, 5) is 39.7. The van der Waals surface area contributed by atoms with Gasteiger partial charge >= 0.3 is 6.03 Å². The maximum absolute atomic E-state index is 12.6. The number of hydrogen-bond acceptors (Lipinski definition) is 4. The molecule has 2 heterocycles. The average molecular weight is 344 g/mol. The summed E-state index contributed by atoms with van der Waals surface area (Å²) in [6.45, 7) is 3.94. The van der Waals surface area contributed by atoms with Crippen LogP contribution in [0.3, 0.4) is 0 Å². The van der Waals surface area contributed by atoms with Crippen molar-refractivity contribution < 1.29 is 14.4 Å². The van der Waals surface area contributed by atoms with Crippen LogP contribution in [-0.4, -0.2) is 66.4 Å². The van der Waals surface area contributed by atoms with Gasteiger partial charge in [0.05, 0.1) is 0 Å². The van der Waals surface area contributed by atoms with Gasteiger partial charge in [-0.3, -0.25) is 19.8 Å². The van der Waals surface area contributed by atoms with E-state index in [-0.39, 0.29) is 18.2 Å². The van der Waals surface area contributed by atoms with Gasteiger partial charge in [0, 0.05) is 39.1 Å². The highest BCUT2D eigenvalue weighted by atomic mass is 16.2. The maximum atomic E-state index is 12.6. The Hall–Kier alpha value is -2.41. The normalized spacial score (nSPS) is 22.1. The number of amides is 4. The van der Waals surface area contributed by atoms with Crippen LogP contribution in [0.4, 0.5) is 4.79 Å². The Morgan fingerprint density at radius 1 is 1.08 bits per heavy atom. The van der Waals surface area contributed by atoms with Gasteiger partial charge in [0.2, 0.25) is 11.8 Å². The summed E-state index contributed by atoms with van der Waals surface area (Å²) in [5.74, 6) is -0.425. The fraction of sp³-hybridized carbons (Fsp3) is 0.500. The molecule has 3 rings (SSSR count). The minimum Gasteiger partial charge on any atom is -0.338 e. The standard InChI is InChI=1S/C18H24N4O3/c23-16-7-6-15(19-18(25)20-16)17(24)22-12-10-21(11-13-22)9-8-14-4-2-1-3-5-14/h1-5,15H,6-13H2,(H2,19,20,23,25)/t15-/m0/s1. The summed E-state index contributed by atoms with van der Waals surface area (Å²) in [6, 6.07) is 9.18. The molecule has 2 N–H and O–H groups in total. The predicted octanol–water partition coefficient (Wildman–Crippen LogP) is 0.362. The zero-order chi connectivity index (χ0) is 17.6. The third-order valence-electron chi connectivity index (χ3n) is 4.76. The first-order valence-corrected chi connectivity index (χ1v) is 8.77. The summed E-state index contributed by atoms with van der Waals surface area (Å²) < 4.78 is 0. The monoisotopic (exact) mass is 344 g/mol. The van der Waals surface area contributed by atoms with E-state index in [2.05, 4.69) is 27.7 Å². The van der Waals surface area contributed by atoms with Gasteiger partial charge in [0.1, 0.15) is 6.04 Å². The molecule has 0 bridgehead atoms. The number of nitrogens with one attached hydrogen (secondary N) is 2. The predicted molar refractivity (Wildman–Crippen MR) is 92.9 cm³/mol. The number of carbonyl (C=O) groups excluding carboxylic acids is 3. The van der Waals surface area contributed by atoms with Crippen molar-refractivity contribution in [2.75, 3.05) is 32.7 Å². The largest absolute Gasteiger partial charge is 0.338 e. The topological polar surface area (TPSA) is 81.8 Å². The highest BCUT2D eigenvalue weighted by molar-refractivity contribution is 5.98. The van der Waals surface area contributed by atoms with E-state index in [9.17, 15) is 14.4 Å². The van der Waals surface area contributed by atoms with Crippen LogP contribution in [0.25, 0.3) is 0 Å². The SMILES string of the molecule is O=C1CC[C@@H](C(=O)N2CCN(CCc3ccccc3)CC2)NC(=O)N1. The van der Waals surface area contributed by atoms with Gasteiger partial charge in [-0.05, 0) is 18.4 Å². The molecule has 1 atom stereocenters. The quantitative estimate of drug-likeness (QED) is 0.826. The third kappa shape index (κ3) is 4.79. The molecule has 25 heavy (non-hydrogen) atoms. The van der Waals surface area contributed by atoms with E-state index in [4.69, 9.17) is 0 Å². The van der Waals surface area contributed by atoms with Crippen LogP contribution in [0.15, 0.2) is 30.3 Å². The second-order valence-corrected chi connectivity index (χ2v) is 6.52. The molecule has 0 aliphatic carbocycles. The molecule has 1 aromatic carbocycles. The van der Waals surface area contributed by atoms with Crippen LogP contribution in [-0.2, 0) is 16.0 Å². The van der Waals surface area contributed by atoms with Crippen LogP contribution in [0.1, 0.15) is 18.4 Å². The van der Waals surface area contributed by atoms with E-state index in [1.165, 1.54) is 5.56 Å². The molecule has 7 nitrogen and oxygen atoms in total. The second-order valence-electron chi connectivity index (χ2n) is 6.52. The molecule has 1 aromatic rings. The number of carbonyl (C=O) groups is 3. The Kier molecular flexibility index (Phi) is 5.65. The number of imide groups is 1. The molecule has 2 aliphatic rings. The van der Waals surface area contributed by atoms with E-state index in [0.717, 1.165) is 26.1 Å². The van der Waals surface area contributed by atoms with Crippen LogP contribution in [0, 0.1) is 0 Å². The summed E-state index contributed by atoms with van der Waals surface area (Å²) in [5, 5.41) is 4.79. The number of nitrogens with zero attached hydrogens (tertiary/aromatic N) is 2. The van der Waals surface area contributed by atoms with Gasteiger partial charge in [-0.2, -0.15) is 0 Å². The number of piperazine rings is 1. The molecule has 7 heteroatoms. The summed E-state index contributed by atoms with van der Waals surface area (Å²) in [7, 11) is 0. The zero-order valence-corrected chi connectivity index (χ0v) is 14.2. The zero-order valence-electron chi connectivity index (χ0n) is 14.2. The third-order valence-corrected chi connectivity index (χ3v) is 4.76. The minimum atomic E-state index is -0.609. The maximum Gasteiger partial charge on any atom is 0.322 e. The van der Waals surface area contributed by atoms with E-state index < -0.39 is 12.1 Å². The van der Waals surface area contributed by atoms with Crippen LogP contribution < -0.4 is 10.6 Å². The first kappa shape index (κ1) is 17.4. The Balaban J connectivity index is 1.46. The van der Waals surface area contributed by atoms with Crippen molar-refractivity contribution in [2.24, 2.45) is 0 Å². The molecular weight excluding hydrogens is 320 g/mol. The van der Waals surface area contributed by atoms with Crippen LogP contribution in [0.2, 0.25) is 0 Å². The molecule has 0 aromatic heterocycles. The lowest BCUT2D eigenvalue weighted by atomic mass is 10.1. The molecule has 0 radical (unpaired) electrons. The summed E-state index contributed by atoms with van der Waals surface area (Å²) in [6.07, 6.45) is 1.54. The number of benzene rings is 1. The fourth-order valence-corrected chi connectivity index (χ4v) is 3.26. The summed E-state index contributed by atoms with van der Waals surface area (Å²) >= 11 is 0. The fourth-order valence-electron chi connectivity index (χ4n) is 3.26. The van der Waals surface area contributed by atoms with Crippen molar-refractivity contribution in [3.05, 3.63) is 35.9 Å². The van der Waals surface area contributed by atoms with Crippen LogP contribution in [0.5, 0.6) is 0 Å². The van der Waals surface area contributed by atoms with Gasteiger partial charge in [-0.15, -0.1) is 0 Å². The lowest BCUT2D eigenvalue weighted by Crippen LogP contribution is -2.55. The molecule has 2 saturated heterocycles. The highest BCUT2D eigenvalue weighted by Crippen LogP contribution is 2.10. The van der Waals surface area contributed by atoms with E-state index in [1.807, 2.05) is 18.2 Å². The molecule has 0 saturated carbocycles. The first-order chi connectivity index (χ1) is 12.1. The highest BCUT2D eigenvalue weighted by Gasteiger charge is 2.31. The van der Waals surface area contributed by atoms with E-state index in [0.29, 0.717) is 19.5 Å². The summed E-state index contributed by atoms with van der Waals surface area (Å²) in [5.41, 5.74) is 1.32. The smallest absolute Gasteiger partial charge is 0.322 e. The Labute approximate surface area is 147 Å². The lowest BCUT2D eigenvalue weighted by molar-refractivity contribution is -0.135. The molecule has 0 unspecified atom stereocenters. The van der Waals surface area contributed by atoms with Crippen molar-refractivity contribution in [3.8, 4) is 0 Å². The average Bonchev–Trinajstić information content (AvgIpc) is 2.81. The van der Waals surface area contributed by atoms with E-state index >= 15 is 0 Å². The number of rotatable bonds is 4. The van der Waals surface area contributed by atoms with Gasteiger partial charge in [-0.25, -0.2) is 4.79 Å². The van der Waals surface area contributed by atoms with Crippen molar-refractivity contribution in [3.63, 3.8) is 0 Å². The Morgan fingerprint density at radius 3 is 2.52 bits per heavy atom. The molecule has 134 valence electrons. The molecular formula is C18H24N4O3. The van der Waals surface area contributed by atoms with Crippen molar-refractivity contribution in [1.82, 2.24) is 20.4 Å². The minimum absolute atomic E-state index is 0.0902. The molecule has 2 fully saturated rings. The molecule has 0 spiro atoms. The van der Waals surface area contributed by atoms with Crippen LogP contribution >= 0.6 is 0 Å². The molecule has 2 aliphatic heterocycles. The Morgan fingerprint density at radius 2 is 1.80 bits per heavy atom. The van der Waals surface area contributed by atoms with Gasteiger partial charge < -0.3 is 10.2 Å². The van der Waals surface area contributed by atoms with Gasteiger partial charge in [-0.1, -0.05) is 30.3 Å². The molecule has 4 amide bonds. The van der Waals surface area contributed by atoms with Crippen molar-refractivity contribution in [2.45, 2.75) is 25.3 Å². The van der Waals surface area contributed by atoms with E-state index in [1.54, 1.807) is 4.90 Å². The number of urea groups is 1. The number of hydrogen-bond donors (Lipinski definition) is 2. The lowest BCUT2D eigenvalue weighted by Gasteiger charge is -2.36. The van der Waals surface area contributed by atoms with Gasteiger partial charge in [0.25, 0.3) is 0 Å². The Bertz CT molecular complexity index is 626.